The fourth-order valence-electron chi connectivity index (χ4n) is 4.12. The van der Waals surface area contributed by atoms with Gasteiger partial charge in [-0.1, -0.05) is 23.7 Å². The Bertz CT molecular complexity index is 1220. The van der Waals surface area contributed by atoms with E-state index in [1.807, 2.05) is 24.3 Å². The fraction of sp³-hybridized carbons (Fsp3) is 0.261. The number of thiophene rings is 1. The number of aliphatic hydroxyl groups is 1. The van der Waals surface area contributed by atoms with E-state index in [2.05, 4.69) is 48.6 Å². The number of hydrogen-bond donors (Lipinski definition) is 4. The second-order valence-electron chi connectivity index (χ2n) is 8.15. The van der Waals surface area contributed by atoms with Crippen molar-refractivity contribution in [1.29, 1.82) is 0 Å². The third kappa shape index (κ3) is 4.64. The van der Waals surface area contributed by atoms with E-state index in [0.29, 0.717) is 10.8 Å². The van der Waals surface area contributed by atoms with Gasteiger partial charge in [0.1, 0.15) is 18.4 Å². The van der Waals surface area contributed by atoms with Gasteiger partial charge in [-0.2, -0.15) is 5.10 Å². The lowest BCUT2D eigenvalue weighted by Gasteiger charge is -2.43. The average Bonchev–Trinajstić information content (AvgIpc) is 3.44. The third-order valence-corrected chi connectivity index (χ3v) is 7.03. The summed E-state index contributed by atoms with van der Waals surface area (Å²) in [5.41, 5.74) is 9.42. The molecule has 1 saturated heterocycles. The van der Waals surface area contributed by atoms with E-state index >= 15 is 0 Å². The lowest BCUT2D eigenvalue weighted by molar-refractivity contribution is 0.114. The van der Waals surface area contributed by atoms with Gasteiger partial charge < -0.3 is 16.2 Å². The van der Waals surface area contributed by atoms with Crippen LogP contribution in [0.5, 0.6) is 0 Å². The predicted octanol–water partition coefficient (Wildman–Crippen LogP) is 3.73. The highest BCUT2D eigenvalue weighted by atomic mass is 35.5. The third-order valence-electron chi connectivity index (χ3n) is 5.58. The number of nitrogens with zero attached hydrogens (tertiary/aromatic N) is 4. The molecule has 4 heterocycles. The van der Waals surface area contributed by atoms with Crippen LogP contribution in [0, 0.1) is 0 Å². The summed E-state index contributed by atoms with van der Waals surface area (Å²) in [5.74, 6) is 1.34. The van der Waals surface area contributed by atoms with Gasteiger partial charge in [0.2, 0.25) is 0 Å². The molecule has 1 aliphatic rings. The maximum atomic E-state index is 9.68. The smallest absolute Gasteiger partial charge is 0.165 e. The van der Waals surface area contributed by atoms with Crippen molar-refractivity contribution in [3.63, 3.8) is 0 Å². The Hall–Kier alpha value is -2.82. The Morgan fingerprint density at radius 3 is 2.67 bits per heavy atom. The van der Waals surface area contributed by atoms with Gasteiger partial charge in [0.05, 0.1) is 10.9 Å². The molecule has 33 heavy (non-hydrogen) atoms. The minimum atomic E-state index is -0.693. The molecule has 2 unspecified atom stereocenters. The van der Waals surface area contributed by atoms with Crippen molar-refractivity contribution >= 4 is 28.8 Å². The largest absolute Gasteiger partial charge is 0.374 e. The maximum absolute atomic E-state index is 9.68. The molecule has 4 aromatic rings. The highest BCUT2D eigenvalue weighted by Gasteiger charge is 2.35. The number of benzene rings is 1. The number of likely N-dealkylation sites (tertiary alicyclic amines) is 1. The van der Waals surface area contributed by atoms with Crippen LogP contribution in [0.2, 0.25) is 5.02 Å². The number of nitrogens with two attached hydrogens (primary N) is 1. The van der Waals surface area contributed by atoms with Crippen molar-refractivity contribution in [2.45, 2.75) is 25.2 Å². The summed E-state index contributed by atoms with van der Waals surface area (Å²) in [6, 6.07) is 14.2. The van der Waals surface area contributed by atoms with Crippen molar-refractivity contribution < 1.29 is 5.11 Å². The summed E-state index contributed by atoms with van der Waals surface area (Å²) in [7, 11) is 0. The molecule has 0 saturated carbocycles. The van der Waals surface area contributed by atoms with Gasteiger partial charge >= 0.3 is 0 Å². The number of aliphatic hydroxyl groups excluding tert-OH is 1. The molecule has 1 aliphatic heterocycles. The second-order valence-corrected chi connectivity index (χ2v) is 9.64. The fourth-order valence-corrected chi connectivity index (χ4v) is 5.38. The van der Waals surface area contributed by atoms with E-state index in [0.717, 1.165) is 45.4 Å². The quantitative estimate of drug-likeness (QED) is 0.297. The number of pyridine rings is 1. The number of aromatic nitrogens is 4. The number of aromatic amines is 1. The Morgan fingerprint density at radius 1 is 1.21 bits per heavy atom. The summed E-state index contributed by atoms with van der Waals surface area (Å²) in [6.07, 6.45) is 2.56. The summed E-state index contributed by atoms with van der Waals surface area (Å²) in [5, 5.41) is 20.4. The molecule has 0 amide bonds. The molecule has 170 valence electrons. The first-order chi connectivity index (χ1) is 16.0. The van der Waals surface area contributed by atoms with E-state index in [4.69, 9.17) is 17.3 Å². The highest BCUT2D eigenvalue weighted by Crippen LogP contribution is 2.44. The van der Waals surface area contributed by atoms with Crippen LogP contribution in [-0.4, -0.2) is 55.5 Å². The lowest BCUT2D eigenvalue weighted by Crippen LogP contribution is -2.56. The Kier molecular flexibility index (Phi) is 6.13. The average molecular weight is 482 g/mol. The molecule has 3 aromatic heterocycles. The first-order valence-electron chi connectivity index (χ1n) is 10.6. The zero-order chi connectivity index (χ0) is 22.9. The van der Waals surface area contributed by atoms with Crippen LogP contribution in [0.3, 0.4) is 0 Å². The number of H-pyrrole nitrogens is 1. The Morgan fingerprint density at radius 2 is 2.00 bits per heavy atom. The molecule has 1 aromatic carbocycles. The van der Waals surface area contributed by atoms with Crippen molar-refractivity contribution in [3.05, 3.63) is 71.1 Å². The zero-order valence-corrected chi connectivity index (χ0v) is 19.5. The van der Waals surface area contributed by atoms with E-state index < -0.39 is 6.23 Å². The highest BCUT2D eigenvalue weighted by molar-refractivity contribution is 7.19. The van der Waals surface area contributed by atoms with Crippen LogP contribution < -0.4 is 11.1 Å². The van der Waals surface area contributed by atoms with Crippen LogP contribution >= 0.6 is 22.9 Å². The van der Waals surface area contributed by atoms with Gasteiger partial charge in [-0.3, -0.25) is 10.00 Å². The maximum Gasteiger partial charge on any atom is 0.165 e. The van der Waals surface area contributed by atoms with Crippen molar-refractivity contribution in [2.24, 2.45) is 5.73 Å². The summed E-state index contributed by atoms with van der Waals surface area (Å²) in [6.45, 7) is 3.28. The Labute approximate surface area is 200 Å². The van der Waals surface area contributed by atoms with Gasteiger partial charge in [0.15, 0.2) is 5.82 Å². The SMILES string of the molecule is CC(O)Nc1cc(-c2cc(C(c3ccc(Cl)cc3)N3CC(N)C3)c(-c3ncn[nH]3)s2)ccn1. The number of hydrogen-bond acceptors (Lipinski definition) is 8. The van der Waals surface area contributed by atoms with Crippen molar-refractivity contribution in [1.82, 2.24) is 25.1 Å². The zero-order valence-electron chi connectivity index (χ0n) is 17.9. The molecule has 0 spiro atoms. The van der Waals surface area contributed by atoms with Crippen LogP contribution in [-0.2, 0) is 0 Å². The normalized spacial score (nSPS) is 16.4. The molecular weight excluding hydrogens is 458 g/mol. The van der Waals surface area contributed by atoms with E-state index in [1.165, 1.54) is 6.33 Å². The van der Waals surface area contributed by atoms with Gasteiger partial charge in [-0.05, 0) is 53.9 Å². The molecule has 1 fully saturated rings. The topological polar surface area (TPSA) is 116 Å². The molecule has 0 bridgehead atoms. The first kappa shape index (κ1) is 22.0. The van der Waals surface area contributed by atoms with E-state index in [1.54, 1.807) is 24.5 Å². The van der Waals surface area contributed by atoms with Crippen LogP contribution in [0.1, 0.15) is 24.1 Å². The molecule has 8 nitrogen and oxygen atoms in total. The van der Waals surface area contributed by atoms with Crippen LogP contribution in [0.4, 0.5) is 5.82 Å². The van der Waals surface area contributed by atoms with Crippen molar-refractivity contribution in [3.8, 4) is 21.1 Å². The summed E-state index contributed by atoms with van der Waals surface area (Å²) >= 11 is 7.82. The lowest BCUT2D eigenvalue weighted by atomic mass is 9.93. The van der Waals surface area contributed by atoms with E-state index in [9.17, 15) is 5.11 Å². The number of halogens is 1. The molecule has 2 atom stereocenters. The van der Waals surface area contributed by atoms with Gasteiger partial charge in [-0.15, -0.1) is 11.3 Å². The van der Waals surface area contributed by atoms with Gasteiger partial charge in [0, 0.05) is 35.2 Å². The summed E-state index contributed by atoms with van der Waals surface area (Å²) in [4.78, 5) is 13.2. The molecule has 10 heteroatoms. The monoisotopic (exact) mass is 481 g/mol. The van der Waals surface area contributed by atoms with Gasteiger partial charge in [-0.25, -0.2) is 9.97 Å². The summed E-state index contributed by atoms with van der Waals surface area (Å²) < 4.78 is 0. The number of rotatable bonds is 7. The minimum Gasteiger partial charge on any atom is -0.374 e. The van der Waals surface area contributed by atoms with Crippen LogP contribution in [0.25, 0.3) is 21.1 Å². The number of anilines is 1. The van der Waals surface area contributed by atoms with Gasteiger partial charge in [0.25, 0.3) is 0 Å². The molecule has 0 radical (unpaired) electrons. The molecular formula is C23H24ClN7OS. The molecule has 5 N–H and O–H groups in total. The predicted molar refractivity (Wildman–Crippen MR) is 131 cm³/mol. The second kappa shape index (κ2) is 9.20. The molecule has 5 rings (SSSR count). The van der Waals surface area contributed by atoms with Crippen molar-refractivity contribution in [2.75, 3.05) is 18.4 Å². The van der Waals surface area contributed by atoms with E-state index in [-0.39, 0.29) is 12.1 Å². The van der Waals surface area contributed by atoms with Crippen LogP contribution in [0.15, 0.2) is 55.0 Å². The molecule has 0 aliphatic carbocycles. The Balaban J connectivity index is 1.62. The standard InChI is InChI=1S/C23H24ClN7OS/c1-13(32)29-20-8-15(6-7-26-20)19-9-18(22(33-19)23-27-12-28-30-23)21(31-10-17(25)11-31)14-2-4-16(24)5-3-14/h2-9,12-13,17,21,32H,10-11,25H2,1H3,(H,26,29)(H,27,28,30). The first-order valence-corrected chi connectivity index (χ1v) is 11.8. The number of nitrogens with one attached hydrogen (secondary N) is 2. The minimum absolute atomic E-state index is 0.00376.